The summed E-state index contributed by atoms with van der Waals surface area (Å²) < 4.78 is 26.6. The van der Waals surface area contributed by atoms with Crippen molar-refractivity contribution in [3.05, 3.63) is 89.6 Å². The van der Waals surface area contributed by atoms with E-state index >= 15 is 0 Å². The predicted molar refractivity (Wildman–Crippen MR) is 97.2 cm³/mol. The maximum Gasteiger partial charge on any atom is 0.255 e. The van der Waals surface area contributed by atoms with Gasteiger partial charge in [0.05, 0.1) is 5.69 Å². The van der Waals surface area contributed by atoms with Crippen molar-refractivity contribution >= 4 is 17.4 Å². The summed E-state index contributed by atoms with van der Waals surface area (Å²) in [5.74, 6) is -1.47. The van der Waals surface area contributed by atoms with E-state index in [2.05, 4.69) is 15.6 Å². The second-order valence-corrected chi connectivity index (χ2v) is 5.67. The predicted octanol–water partition coefficient (Wildman–Crippen LogP) is 4.27. The summed E-state index contributed by atoms with van der Waals surface area (Å²) >= 11 is 0. The molecule has 132 valence electrons. The van der Waals surface area contributed by atoms with Crippen molar-refractivity contribution in [1.29, 1.82) is 0 Å². The molecule has 4 nitrogen and oxygen atoms in total. The molecule has 0 aliphatic rings. The minimum atomic E-state index is -0.825. The van der Waals surface area contributed by atoms with Crippen molar-refractivity contribution in [3.63, 3.8) is 0 Å². The highest BCUT2D eigenvalue weighted by Gasteiger charge is 2.11. The van der Waals surface area contributed by atoms with E-state index in [1.807, 2.05) is 30.3 Å². The summed E-state index contributed by atoms with van der Waals surface area (Å²) in [5, 5.41) is 5.58. The Hall–Kier alpha value is -3.28. The van der Waals surface area contributed by atoms with Crippen molar-refractivity contribution < 1.29 is 13.6 Å². The number of amides is 1. The van der Waals surface area contributed by atoms with Gasteiger partial charge in [-0.2, -0.15) is 0 Å². The highest BCUT2D eigenvalue weighted by Crippen LogP contribution is 2.17. The van der Waals surface area contributed by atoms with Gasteiger partial charge in [0, 0.05) is 24.4 Å². The normalized spacial score (nSPS) is 10.4. The molecule has 0 radical (unpaired) electrons. The smallest absolute Gasteiger partial charge is 0.255 e. The Kier molecular flexibility index (Phi) is 5.53. The van der Waals surface area contributed by atoms with E-state index < -0.39 is 17.5 Å². The van der Waals surface area contributed by atoms with Gasteiger partial charge < -0.3 is 10.6 Å². The lowest BCUT2D eigenvalue weighted by Gasteiger charge is -2.09. The van der Waals surface area contributed by atoms with E-state index in [-0.39, 0.29) is 5.69 Å². The number of aromatic nitrogens is 1. The fraction of sp³-hybridized carbons (Fsp3) is 0.100. The molecule has 2 N–H and O–H groups in total. The molecule has 2 aromatic carbocycles. The zero-order chi connectivity index (χ0) is 18.4. The van der Waals surface area contributed by atoms with Gasteiger partial charge in [0.15, 0.2) is 0 Å². The van der Waals surface area contributed by atoms with Crippen LogP contribution in [0.25, 0.3) is 0 Å². The Bertz CT molecular complexity index is 901. The van der Waals surface area contributed by atoms with Crippen LogP contribution in [0, 0.1) is 11.6 Å². The van der Waals surface area contributed by atoms with Crippen molar-refractivity contribution in [3.8, 4) is 0 Å². The number of pyridine rings is 1. The highest BCUT2D eigenvalue weighted by molar-refractivity contribution is 6.04. The van der Waals surface area contributed by atoms with Gasteiger partial charge in [-0.1, -0.05) is 30.3 Å². The summed E-state index contributed by atoms with van der Waals surface area (Å²) in [4.78, 5) is 16.4. The fourth-order valence-electron chi connectivity index (χ4n) is 2.43. The Balaban J connectivity index is 1.61. The number of hydrogen-bond donors (Lipinski definition) is 2. The highest BCUT2D eigenvalue weighted by atomic mass is 19.1. The van der Waals surface area contributed by atoms with Gasteiger partial charge >= 0.3 is 0 Å². The summed E-state index contributed by atoms with van der Waals surface area (Å²) in [6.07, 6.45) is 2.32. The van der Waals surface area contributed by atoms with E-state index in [0.717, 1.165) is 18.6 Å². The van der Waals surface area contributed by atoms with Crippen LogP contribution in [0.5, 0.6) is 0 Å². The molecule has 0 atom stereocenters. The number of carbonyl (C=O) groups is 1. The van der Waals surface area contributed by atoms with E-state index in [1.165, 1.54) is 23.9 Å². The lowest BCUT2D eigenvalue weighted by molar-refractivity contribution is 0.102. The largest absolute Gasteiger partial charge is 0.370 e. The van der Waals surface area contributed by atoms with Gasteiger partial charge in [0.1, 0.15) is 17.5 Å². The minimum Gasteiger partial charge on any atom is -0.370 e. The first-order chi connectivity index (χ1) is 12.6. The quantitative estimate of drug-likeness (QED) is 0.696. The molecular formula is C20H17F2N3O. The van der Waals surface area contributed by atoms with Crippen LogP contribution in [-0.2, 0) is 6.42 Å². The molecule has 0 unspecified atom stereocenters. The van der Waals surface area contributed by atoms with Crippen LogP contribution in [0.15, 0.2) is 66.9 Å². The third-order valence-corrected chi connectivity index (χ3v) is 3.76. The van der Waals surface area contributed by atoms with Crippen LogP contribution in [-0.4, -0.2) is 17.4 Å². The number of halogens is 2. The number of anilines is 2. The molecule has 1 aromatic heterocycles. The van der Waals surface area contributed by atoms with Crippen molar-refractivity contribution in [2.45, 2.75) is 6.42 Å². The van der Waals surface area contributed by atoms with E-state index in [1.54, 1.807) is 6.07 Å². The lowest BCUT2D eigenvalue weighted by atomic mass is 10.1. The van der Waals surface area contributed by atoms with Crippen molar-refractivity contribution in [2.75, 3.05) is 17.2 Å². The average molecular weight is 353 g/mol. The summed E-state index contributed by atoms with van der Waals surface area (Å²) in [6.45, 7) is 0.661. The van der Waals surface area contributed by atoms with Crippen molar-refractivity contribution in [1.82, 2.24) is 4.98 Å². The maximum absolute atomic E-state index is 13.7. The SMILES string of the molecule is O=C(Nc1ccc(F)cc1F)c1ccnc(NCCc2ccccc2)c1. The number of rotatable bonds is 6. The number of benzene rings is 2. The molecule has 3 aromatic rings. The Morgan fingerprint density at radius 1 is 1.00 bits per heavy atom. The number of carbonyl (C=O) groups excluding carboxylic acids is 1. The van der Waals surface area contributed by atoms with Crippen LogP contribution in [0.2, 0.25) is 0 Å². The average Bonchev–Trinajstić information content (AvgIpc) is 2.65. The van der Waals surface area contributed by atoms with E-state index in [9.17, 15) is 13.6 Å². The van der Waals surface area contributed by atoms with Crippen LogP contribution in [0.1, 0.15) is 15.9 Å². The van der Waals surface area contributed by atoms with Crippen LogP contribution in [0.4, 0.5) is 20.3 Å². The van der Waals surface area contributed by atoms with Gasteiger partial charge in [0.25, 0.3) is 5.91 Å². The zero-order valence-electron chi connectivity index (χ0n) is 13.9. The Labute approximate surface area is 149 Å². The topological polar surface area (TPSA) is 54.0 Å². The second kappa shape index (κ2) is 8.20. The van der Waals surface area contributed by atoms with Crippen LogP contribution in [0.3, 0.4) is 0 Å². The molecule has 1 amide bonds. The summed E-state index contributed by atoms with van der Waals surface area (Å²) in [5.41, 5.74) is 1.44. The first kappa shape index (κ1) is 17.5. The molecule has 26 heavy (non-hydrogen) atoms. The van der Waals surface area contributed by atoms with Crippen LogP contribution >= 0.6 is 0 Å². The van der Waals surface area contributed by atoms with Gasteiger partial charge in [-0.3, -0.25) is 4.79 Å². The first-order valence-electron chi connectivity index (χ1n) is 8.12. The molecule has 1 heterocycles. The third kappa shape index (κ3) is 4.63. The molecule has 0 saturated heterocycles. The second-order valence-electron chi connectivity index (χ2n) is 5.67. The van der Waals surface area contributed by atoms with E-state index in [4.69, 9.17) is 0 Å². The number of nitrogens with one attached hydrogen (secondary N) is 2. The lowest BCUT2D eigenvalue weighted by Crippen LogP contribution is -2.14. The Morgan fingerprint density at radius 3 is 2.58 bits per heavy atom. The molecule has 0 aliphatic heterocycles. The van der Waals surface area contributed by atoms with Gasteiger partial charge in [0.2, 0.25) is 0 Å². The van der Waals surface area contributed by atoms with E-state index in [0.29, 0.717) is 17.9 Å². The third-order valence-electron chi connectivity index (χ3n) is 3.76. The molecular weight excluding hydrogens is 336 g/mol. The fourth-order valence-corrected chi connectivity index (χ4v) is 2.43. The minimum absolute atomic E-state index is 0.0770. The molecule has 0 fully saturated rings. The molecule has 3 rings (SSSR count). The molecule has 0 bridgehead atoms. The number of nitrogens with zero attached hydrogens (tertiary/aromatic N) is 1. The standard InChI is InChI=1S/C20H17F2N3O/c21-16-6-7-18(17(22)13-16)25-20(26)15-9-11-24-19(12-15)23-10-8-14-4-2-1-3-5-14/h1-7,9,11-13H,8,10H2,(H,23,24)(H,25,26). The molecule has 0 spiro atoms. The maximum atomic E-state index is 13.7. The number of hydrogen-bond acceptors (Lipinski definition) is 3. The Morgan fingerprint density at radius 2 is 1.81 bits per heavy atom. The molecule has 0 aliphatic carbocycles. The zero-order valence-corrected chi connectivity index (χ0v) is 13.9. The van der Waals surface area contributed by atoms with Crippen molar-refractivity contribution in [2.24, 2.45) is 0 Å². The molecule has 6 heteroatoms. The van der Waals surface area contributed by atoms with Crippen LogP contribution < -0.4 is 10.6 Å². The summed E-state index contributed by atoms with van der Waals surface area (Å²) in [6, 6.07) is 16.1. The summed E-state index contributed by atoms with van der Waals surface area (Å²) in [7, 11) is 0. The van der Waals surface area contributed by atoms with Gasteiger partial charge in [-0.05, 0) is 36.2 Å². The molecule has 0 saturated carbocycles. The first-order valence-corrected chi connectivity index (χ1v) is 8.12. The van der Waals surface area contributed by atoms with Gasteiger partial charge in [-0.25, -0.2) is 13.8 Å². The van der Waals surface area contributed by atoms with Gasteiger partial charge in [-0.15, -0.1) is 0 Å². The monoisotopic (exact) mass is 353 g/mol.